The van der Waals surface area contributed by atoms with Crippen molar-refractivity contribution < 1.29 is 24.6 Å². The van der Waals surface area contributed by atoms with E-state index in [2.05, 4.69) is 5.43 Å². The number of carbonyl (C=O) groups excluding carboxylic acids is 2. The van der Waals surface area contributed by atoms with Crippen molar-refractivity contribution >= 4 is 23.6 Å². The van der Waals surface area contributed by atoms with Crippen LogP contribution in [-0.4, -0.2) is 88.0 Å². The molecule has 3 aliphatic heterocycles. The van der Waals surface area contributed by atoms with Gasteiger partial charge < -0.3 is 20.0 Å². The first-order valence-corrected chi connectivity index (χ1v) is 9.38. The Morgan fingerprint density at radius 2 is 2.07 bits per heavy atom. The summed E-state index contributed by atoms with van der Waals surface area (Å²) in [6.45, 7) is 2.57. The maximum absolute atomic E-state index is 12.3. The number of amidine groups is 1. The van der Waals surface area contributed by atoms with E-state index in [1.54, 1.807) is 25.9 Å². The number of aliphatic hydroxyl groups excluding tert-OH is 1. The predicted molar refractivity (Wildman–Crippen MR) is 98.9 cm³/mol. The minimum atomic E-state index is -1.13. The fourth-order valence-corrected chi connectivity index (χ4v) is 4.51. The highest BCUT2D eigenvalue weighted by atomic mass is 16.4. The van der Waals surface area contributed by atoms with Gasteiger partial charge in [-0.05, 0) is 25.3 Å². The summed E-state index contributed by atoms with van der Waals surface area (Å²) in [6.07, 6.45) is 0.243. The van der Waals surface area contributed by atoms with Crippen molar-refractivity contribution in [3.8, 4) is 0 Å². The molecule has 4 atom stereocenters. The number of fused-ring (bicyclic) bond motifs is 1. The molecule has 4 N–H and O–H groups in total. The number of aliphatic hydroxyl groups is 1. The number of carboxylic acid groups (broad SMARTS) is 1. The second-order valence-corrected chi connectivity index (χ2v) is 7.91. The molecule has 0 bridgehead atoms. The zero-order chi connectivity index (χ0) is 20.7. The molecular formula is C18H27N5O5. The second-order valence-electron chi connectivity index (χ2n) is 7.91. The molecule has 3 rings (SSSR count). The monoisotopic (exact) mass is 393 g/mol. The topological polar surface area (TPSA) is 137 Å². The first kappa shape index (κ1) is 20.3. The number of β-lactam (4-membered cyclic amide) rings is 1. The molecule has 0 unspecified atom stereocenters. The summed E-state index contributed by atoms with van der Waals surface area (Å²) in [5, 5.41) is 29.2. The Labute approximate surface area is 163 Å². The summed E-state index contributed by atoms with van der Waals surface area (Å²) in [6, 6.07) is -0.298. The van der Waals surface area contributed by atoms with Crippen LogP contribution in [0.3, 0.4) is 0 Å². The maximum atomic E-state index is 12.3. The van der Waals surface area contributed by atoms with Gasteiger partial charge in [-0.2, -0.15) is 0 Å². The Bertz CT molecular complexity index is 747. The molecule has 0 aromatic carbocycles. The number of carbonyl (C=O) groups is 3. The van der Waals surface area contributed by atoms with Gasteiger partial charge in [0.2, 0.25) is 11.8 Å². The number of hydrazine groups is 1. The third kappa shape index (κ3) is 3.49. The molecule has 0 saturated carbocycles. The van der Waals surface area contributed by atoms with Crippen LogP contribution in [0.1, 0.15) is 26.2 Å². The summed E-state index contributed by atoms with van der Waals surface area (Å²) >= 11 is 0. The SMILES string of the molecule is C[C@@H](O)[C@H]1C(=O)N2C(C(=O)O)=C([C@@H]3CCN(C(=N)CC(=O)NN(C)C)C3)C[C@H]12. The number of nitrogens with zero attached hydrogens (tertiary/aromatic N) is 3. The lowest BCUT2D eigenvalue weighted by atomic mass is 9.82. The normalized spacial score (nSPS) is 27.8. The lowest BCUT2D eigenvalue weighted by Crippen LogP contribution is -2.61. The minimum absolute atomic E-state index is 0.0376. The first-order valence-electron chi connectivity index (χ1n) is 9.38. The van der Waals surface area contributed by atoms with Crippen molar-refractivity contribution in [1.29, 1.82) is 5.41 Å². The van der Waals surface area contributed by atoms with Gasteiger partial charge >= 0.3 is 5.97 Å². The Morgan fingerprint density at radius 3 is 2.64 bits per heavy atom. The van der Waals surface area contributed by atoms with Crippen LogP contribution < -0.4 is 5.43 Å². The average molecular weight is 393 g/mol. The van der Waals surface area contributed by atoms with Gasteiger partial charge in [-0.3, -0.25) is 20.4 Å². The molecule has 0 aromatic rings. The molecule has 0 spiro atoms. The molecule has 0 aromatic heterocycles. The van der Waals surface area contributed by atoms with Crippen LogP contribution in [0.4, 0.5) is 0 Å². The highest BCUT2D eigenvalue weighted by molar-refractivity contribution is 6.00. The number of carboxylic acids is 1. The molecule has 28 heavy (non-hydrogen) atoms. The van der Waals surface area contributed by atoms with E-state index in [1.807, 2.05) is 0 Å². The van der Waals surface area contributed by atoms with Gasteiger partial charge in [0, 0.05) is 33.1 Å². The molecule has 0 aliphatic carbocycles. The molecule has 154 valence electrons. The minimum Gasteiger partial charge on any atom is -0.477 e. The van der Waals surface area contributed by atoms with Crippen LogP contribution in [-0.2, 0) is 14.4 Å². The fraction of sp³-hybridized carbons (Fsp3) is 0.667. The van der Waals surface area contributed by atoms with Crippen LogP contribution in [0, 0.1) is 17.2 Å². The van der Waals surface area contributed by atoms with E-state index in [-0.39, 0.29) is 41.7 Å². The first-order chi connectivity index (χ1) is 13.1. The largest absolute Gasteiger partial charge is 0.477 e. The fourth-order valence-electron chi connectivity index (χ4n) is 4.51. The summed E-state index contributed by atoms with van der Waals surface area (Å²) in [7, 11) is 3.39. The molecule has 2 amide bonds. The predicted octanol–water partition coefficient (Wildman–Crippen LogP) is -0.781. The highest BCUT2D eigenvalue weighted by Crippen LogP contribution is 2.47. The van der Waals surface area contributed by atoms with Crippen LogP contribution in [0.2, 0.25) is 0 Å². The van der Waals surface area contributed by atoms with E-state index in [0.29, 0.717) is 31.5 Å². The van der Waals surface area contributed by atoms with E-state index in [4.69, 9.17) is 5.41 Å². The maximum Gasteiger partial charge on any atom is 0.352 e. The van der Waals surface area contributed by atoms with Crippen molar-refractivity contribution in [3.63, 3.8) is 0 Å². The van der Waals surface area contributed by atoms with Gasteiger partial charge in [-0.15, -0.1) is 0 Å². The van der Waals surface area contributed by atoms with Crippen molar-refractivity contribution in [2.75, 3.05) is 27.2 Å². The van der Waals surface area contributed by atoms with Crippen LogP contribution in [0.5, 0.6) is 0 Å². The number of hydrogen-bond donors (Lipinski definition) is 4. The third-order valence-electron chi connectivity index (χ3n) is 5.70. The smallest absolute Gasteiger partial charge is 0.352 e. The summed E-state index contributed by atoms with van der Waals surface area (Å²) in [5.74, 6) is -2.20. The molecule has 0 radical (unpaired) electrons. The Kier molecular flexibility index (Phi) is 5.44. The highest BCUT2D eigenvalue weighted by Gasteiger charge is 2.57. The number of nitrogens with one attached hydrogen (secondary N) is 2. The summed E-state index contributed by atoms with van der Waals surface area (Å²) in [4.78, 5) is 39.1. The summed E-state index contributed by atoms with van der Waals surface area (Å²) in [5.41, 5.74) is 3.35. The van der Waals surface area contributed by atoms with Gasteiger partial charge in [0.05, 0.1) is 24.5 Å². The van der Waals surface area contributed by atoms with Crippen LogP contribution in [0.25, 0.3) is 0 Å². The molecule has 3 aliphatic rings. The van der Waals surface area contributed by atoms with Crippen molar-refractivity contribution in [2.45, 2.75) is 38.3 Å². The van der Waals surface area contributed by atoms with E-state index >= 15 is 0 Å². The molecule has 2 fully saturated rings. The second kappa shape index (κ2) is 7.51. The molecule has 10 nitrogen and oxygen atoms in total. The van der Waals surface area contributed by atoms with Crippen molar-refractivity contribution in [3.05, 3.63) is 11.3 Å². The average Bonchev–Trinajstić information content (AvgIpc) is 3.15. The number of rotatable bonds is 6. The van der Waals surface area contributed by atoms with Crippen molar-refractivity contribution in [2.24, 2.45) is 11.8 Å². The molecule has 10 heteroatoms. The standard InChI is InChI=1S/C18H27N5O5/c1-9(24)15-12-6-11(16(18(27)28)23(12)17(15)26)10-4-5-22(8-10)13(19)7-14(25)20-21(2)3/h9-10,12,15,19,24H,4-8H2,1-3H3,(H,20,25)(H,27,28)/t9-,10-,12-,15-/m1/s1. The van der Waals surface area contributed by atoms with Gasteiger partial charge in [0.15, 0.2) is 0 Å². The number of aliphatic carboxylic acids is 1. The Morgan fingerprint density at radius 1 is 1.39 bits per heavy atom. The third-order valence-corrected chi connectivity index (χ3v) is 5.70. The zero-order valence-corrected chi connectivity index (χ0v) is 16.3. The lowest BCUT2D eigenvalue weighted by molar-refractivity contribution is -0.161. The Hall–Kier alpha value is -2.46. The number of amides is 2. The lowest BCUT2D eigenvalue weighted by Gasteiger charge is -2.44. The van der Waals surface area contributed by atoms with Gasteiger partial charge in [0.25, 0.3) is 0 Å². The summed E-state index contributed by atoms with van der Waals surface area (Å²) < 4.78 is 0. The number of likely N-dealkylation sites (tertiary alicyclic amines) is 1. The van der Waals surface area contributed by atoms with Crippen molar-refractivity contribution in [1.82, 2.24) is 20.2 Å². The molecule has 3 heterocycles. The van der Waals surface area contributed by atoms with Gasteiger partial charge in [-0.25, -0.2) is 9.80 Å². The van der Waals surface area contributed by atoms with Crippen LogP contribution in [0.15, 0.2) is 11.3 Å². The van der Waals surface area contributed by atoms with Gasteiger partial charge in [0.1, 0.15) is 11.5 Å². The van der Waals surface area contributed by atoms with Crippen LogP contribution >= 0.6 is 0 Å². The van der Waals surface area contributed by atoms with E-state index in [1.165, 1.54) is 9.91 Å². The van der Waals surface area contributed by atoms with E-state index in [0.717, 1.165) is 0 Å². The zero-order valence-electron chi connectivity index (χ0n) is 16.3. The quantitative estimate of drug-likeness (QED) is 0.201. The number of hydrogen-bond acceptors (Lipinski definition) is 6. The van der Waals surface area contributed by atoms with E-state index in [9.17, 15) is 24.6 Å². The van der Waals surface area contributed by atoms with Gasteiger partial charge in [-0.1, -0.05) is 0 Å². The molecule has 2 saturated heterocycles. The van der Waals surface area contributed by atoms with E-state index < -0.39 is 18.0 Å². The Balaban J connectivity index is 1.69. The molecular weight excluding hydrogens is 366 g/mol.